The van der Waals surface area contributed by atoms with Crippen molar-refractivity contribution in [2.75, 3.05) is 18.9 Å². The van der Waals surface area contributed by atoms with Gasteiger partial charge in [0.05, 0.1) is 9.80 Å². The lowest BCUT2D eigenvalue weighted by Gasteiger charge is -2.07. The maximum Gasteiger partial charge on any atom is 0.293 e. The Kier molecular flexibility index (Phi) is 6.90. The number of benzene rings is 1. The predicted octanol–water partition coefficient (Wildman–Crippen LogP) is 3.89. The molecule has 2 N–H and O–H groups in total. The number of aromatic nitrogens is 2. The van der Waals surface area contributed by atoms with E-state index < -0.39 is 4.92 Å². The molecule has 0 aliphatic heterocycles. The molecule has 3 aromatic rings. The standard InChI is InChI=1S/C19H21N5O4S/c1-20-14-9-8-13(12-15(14)24(26)27)19(25)21-10-4-2-3-7-17-22-18(23-28-17)16-6-5-11-29-16/h5-6,8-9,11-12,20H,2-4,7,10H2,1H3,(H,21,25). The van der Waals surface area contributed by atoms with Crippen molar-refractivity contribution >= 4 is 28.6 Å². The molecule has 0 radical (unpaired) electrons. The van der Waals surface area contributed by atoms with Crippen LogP contribution < -0.4 is 10.6 Å². The number of anilines is 1. The van der Waals surface area contributed by atoms with Crippen molar-refractivity contribution in [1.82, 2.24) is 15.5 Å². The van der Waals surface area contributed by atoms with E-state index in [-0.39, 0.29) is 17.2 Å². The van der Waals surface area contributed by atoms with Gasteiger partial charge in [0, 0.05) is 31.6 Å². The average molecular weight is 415 g/mol. The Morgan fingerprint density at radius 1 is 1.28 bits per heavy atom. The van der Waals surface area contributed by atoms with E-state index in [0.29, 0.717) is 30.4 Å². The second-order valence-corrected chi connectivity index (χ2v) is 7.24. The van der Waals surface area contributed by atoms with Gasteiger partial charge in [-0.25, -0.2) is 0 Å². The molecule has 0 aliphatic carbocycles. The summed E-state index contributed by atoms with van der Waals surface area (Å²) in [5.41, 5.74) is 0.513. The minimum absolute atomic E-state index is 0.123. The molecule has 0 bridgehead atoms. The van der Waals surface area contributed by atoms with Crippen molar-refractivity contribution in [2.24, 2.45) is 0 Å². The van der Waals surface area contributed by atoms with Crippen LogP contribution in [-0.2, 0) is 6.42 Å². The second kappa shape index (κ2) is 9.78. The Hall–Kier alpha value is -3.27. The van der Waals surface area contributed by atoms with Gasteiger partial charge in [0.15, 0.2) is 0 Å². The lowest BCUT2D eigenvalue weighted by Crippen LogP contribution is -2.24. The molecule has 152 valence electrons. The number of nitrogens with zero attached hydrogens (tertiary/aromatic N) is 3. The molecule has 0 saturated carbocycles. The van der Waals surface area contributed by atoms with Gasteiger partial charge in [-0.05, 0) is 36.4 Å². The Bertz CT molecular complexity index is 971. The molecular weight excluding hydrogens is 394 g/mol. The fraction of sp³-hybridized carbons (Fsp3) is 0.316. The minimum Gasteiger partial charge on any atom is -0.383 e. The summed E-state index contributed by atoms with van der Waals surface area (Å²) in [6, 6.07) is 8.26. The number of amides is 1. The van der Waals surface area contributed by atoms with Crippen LogP contribution in [0.5, 0.6) is 0 Å². The van der Waals surface area contributed by atoms with Crippen molar-refractivity contribution in [1.29, 1.82) is 0 Å². The molecule has 0 unspecified atom stereocenters. The molecule has 0 fully saturated rings. The number of nitro groups is 1. The van der Waals surface area contributed by atoms with Crippen LogP contribution in [0, 0.1) is 10.1 Å². The summed E-state index contributed by atoms with van der Waals surface area (Å²) in [5.74, 6) is 0.892. The summed E-state index contributed by atoms with van der Waals surface area (Å²) in [6.07, 6.45) is 3.22. The van der Waals surface area contributed by atoms with E-state index in [2.05, 4.69) is 20.8 Å². The van der Waals surface area contributed by atoms with E-state index in [0.717, 1.165) is 24.1 Å². The topological polar surface area (TPSA) is 123 Å². The van der Waals surface area contributed by atoms with Gasteiger partial charge in [0.1, 0.15) is 5.69 Å². The van der Waals surface area contributed by atoms with Gasteiger partial charge in [-0.2, -0.15) is 4.98 Å². The van der Waals surface area contributed by atoms with Crippen LogP contribution in [-0.4, -0.2) is 34.6 Å². The number of hydrogen-bond acceptors (Lipinski definition) is 8. The molecular formula is C19H21N5O4S. The van der Waals surface area contributed by atoms with Crippen LogP contribution in [0.1, 0.15) is 35.5 Å². The van der Waals surface area contributed by atoms with Gasteiger partial charge >= 0.3 is 0 Å². The fourth-order valence-electron chi connectivity index (χ4n) is 2.78. The zero-order chi connectivity index (χ0) is 20.6. The summed E-state index contributed by atoms with van der Waals surface area (Å²) in [6.45, 7) is 0.491. The fourth-order valence-corrected chi connectivity index (χ4v) is 3.43. The number of hydrogen-bond donors (Lipinski definition) is 2. The Morgan fingerprint density at radius 3 is 2.86 bits per heavy atom. The molecule has 29 heavy (non-hydrogen) atoms. The van der Waals surface area contributed by atoms with Gasteiger partial charge in [-0.1, -0.05) is 17.6 Å². The highest BCUT2D eigenvalue weighted by atomic mass is 32.1. The third kappa shape index (κ3) is 5.38. The van der Waals surface area contributed by atoms with Crippen LogP contribution in [0.3, 0.4) is 0 Å². The number of unbranched alkanes of at least 4 members (excludes halogenated alkanes) is 2. The van der Waals surface area contributed by atoms with Crippen molar-refractivity contribution < 1.29 is 14.2 Å². The zero-order valence-electron chi connectivity index (χ0n) is 15.9. The molecule has 0 saturated heterocycles. The highest BCUT2D eigenvalue weighted by Crippen LogP contribution is 2.25. The van der Waals surface area contributed by atoms with E-state index in [9.17, 15) is 14.9 Å². The molecule has 0 atom stereocenters. The minimum atomic E-state index is -0.510. The van der Waals surface area contributed by atoms with Crippen LogP contribution in [0.2, 0.25) is 0 Å². The number of thiophene rings is 1. The molecule has 0 aliphatic rings. The maximum absolute atomic E-state index is 12.2. The van der Waals surface area contributed by atoms with Crippen LogP contribution in [0.15, 0.2) is 40.2 Å². The molecule has 0 spiro atoms. The number of aryl methyl sites for hydroxylation is 1. The third-order valence-electron chi connectivity index (χ3n) is 4.29. The Balaban J connectivity index is 1.39. The number of carbonyl (C=O) groups excluding carboxylic acids is 1. The van der Waals surface area contributed by atoms with Gasteiger partial charge in [0.2, 0.25) is 11.7 Å². The summed E-state index contributed by atoms with van der Waals surface area (Å²) in [5, 5.41) is 22.6. The van der Waals surface area contributed by atoms with Crippen molar-refractivity contribution in [3.05, 3.63) is 57.3 Å². The van der Waals surface area contributed by atoms with E-state index in [1.54, 1.807) is 24.5 Å². The smallest absolute Gasteiger partial charge is 0.293 e. The monoisotopic (exact) mass is 415 g/mol. The Morgan fingerprint density at radius 2 is 2.14 bits per heavy atom. The summed E-state index contributed by atoms with van der Waals surface area (Å²) < 4.78 is 5.26. The van der Waals surface area contributed by atoms with E-state index >= 15 is 0 Å². The molecule has 1 amide bonds. The number of nitrogens with one attached hydrogen (secondary N) is 2. The molecule has 10 heteroatoms. The normalized spacial score (nSPS) is 10.7. The molecule has 1 aromatic carbocycles. The van der Waals surface area contributed by atoms with Crippen molar-refractivity contribution in [3.8, 4) is 10.7 Å². The predicted molar refractivity (Wildman–Crippen MR) is 110 cm³/mol. The molecule has 2 aromatic heterocycles. The first-order chi connectivity index (χ1) is 14.1. The second-order valence-electron chi connectivity index (χ2n) is 6.29. The van der Waals surface area contributed by atoms with Crippen LogP contribution >= 0.6 is 11.3 Å². The van der Waals surface area contributed by atoms with Gasteiger partial charge in [0.25, 0.3) is 11.6 Å². The maximum atomic E-state index is 12.2. The summed E-state index contributed by atoms with van der Waals surface area (Å²) in [4.78, 5) is 28.1. The SMILES string of the molecule is CNc1ccc(C(=O)NCCCCCc2nc(-c3cccs3)no2)cc1[N+](=O)[O-]. The average Bonchev–Trinajstić information content (AvgIpc) is 3.41. The van der Waals surface area contributed by atoms with Crippen molar-refractivity contribution in [2.45, 2.75) is 25.7 Å². The van der Waals surface area contributed by atoms with E-state index in [1.165, 1.54) is 12.1 Å². The zero-order valence-corrected chi connectivity index (χ0v) is 16.7. The number of nitro benzene ring substituents is 1. The molecule has 9 nitrogen and oxygen atoms in total. The lowest BCUT2D eigenvalue weighted by molar-refractivity contribution is -0.384. The number of rotatable bonds is 10. The lowest BCUT2D eigenvalue weighted by atomic mass is 10.1. The van der Waals surface area contributed by atoms with Crippen molar-refractivity contribution in [3.63, 3.8) is 0 Å². The Labute approximate surface area is 171 Å². The quantitative estimate of drug-likeness (QED) is 0.292. The van der Waals surface area contributed by atoms with Crippen LogP contribution in [0.25, 0.3) is 10.7 Å². The van der Waals surface area contributed by atoms with Crippen LogP contribution in [0.4, 0.5) is 11.4 Å². The highest BCUT2D eigenvalue weighted by molar-refractivity contribution is 7.13. The van der Waals surface area contributed by atoms with Gasteiger partial charge < -0.3 is 15.2 Å². The van der Waals surface area contributed by atoms with E-state index in [1.807, 2.05) is 17.5 Å². The largest absolute Gasteiger partial charge is 0.383 e. The molecule has 2 heterocycles. The third-order valence-corrected chi connectivity index (χ3v) is 5.15. The van der Waals surface area contributed by atoms with E-state index in [4.69, 9.17) is 4.52 Å². The first kappa shape index (κ1) is 20.5. The van der Waals surface area contributed by atoms with Gasteiger partial charge in [-0.3, -0.25) is 14.9 Å². The summed E-state index contributed by atoms with van der Waals surface area (Å²) >= 11 is 1.56. The van der Waals surface area contributed by atoms with Gasteiger partial charge in [-0.15, -0.1) is 11.3 Å². The first-order valence-electron chi connectivity index (χ1n) is 9.19. The first-order valence-corrected chi connectivity index (χ1v) is 10.1. The number of carbonyl (C=O) groups is 1. The summed E-state index contributed by atoms with van der Waals surface area (Å²) in [7, 11) is 1.60. The molecule has 3 rings (SSSR count). The highest BCUT2D eigenvalue weighted by Gasteiger charge is 2.16.